The summed E-state index contributed by atoms with van der Waals surface area (Å²) in [5, 5.41) is 0.894. The average molecular weight is 362 g/mol. The molecule has 1 amide bonds. The summed E-state index contributed by atoms with van der Waals surface area (Å²) in [6.07, 6.45) is 0. The number of aryl methyl sites for hydroxylation is 1. The van der Waals surface area contributed by atoms with Crippen molar-refractivity contribution in [1.82, 2.24) is 0 Å². The van der Waals surface area contributed by atoms with Gasteiger partial charge in [-0.05, 0) is 49.4 Å². The number of furan rings is 1. The van der Waals surface area contributed by atoms with Crippen LogP contribution in [0.4, 0.5) is 10.1 Å². The molecular weight excluding hydrogens is 349 g/mol. The van der Waals surface area contributed by atoms with E-state index in [2.05, 4.69) is 15.9 Å². The third-order valence-corrected chi connectivity index (χ3v) is 4.10. The van der Waals surface area contributed by atoms with Crippen LogP contribution >= 0.6 is 15.9 Å². The number of fused-ring (bicyclic) bond motifs is 1. The van der Waals surface area contributed by atoms with Gasteiger partial charge in [0.2, 0.25) is 0 Å². The van der Waals surface area contributed by atoms with Gasteiger partial charge in [0.15, 0.2) is 5.76 Å². The quantitative estimate of drug-likeness (QED) is 0.648. The highest BCUT2D eigenvalue weighted by molar-refractivity contribution is 9.10. The first-order valence-corrected chi connectivity index (χ1v) is 7.49. The standard InChI is InChI=1S/C17H13BrFNO2/c1-10-14-9-11(18)3-8-15(14)22-16(10)17(21)20(2)13-6-4-12(19)5-7-13/h3-9H,1-2H3. The van der Waals surface area contributed by atoms with Gasteiger partial charge in [0.25, 0.3) is 5.91 Å². The first-order valence-electron chi connectivity index (χ1n) is 6.69. The third kappa shape index (κ3) is 2.52. The number of halogens is 2. The predicted octanol–water partition coefficient (Wildman–Crippen LogP) is 4.92. The second kappa shape index (κ2) is 5.57. The Bertz CT molecular complexity index is 855. The Morgan fingerprint density at radius 1 is 1.18 bits per heavy atom. The average Bonchev–Trinajstić information content (AvgIpc) is 2.83. The zero-order valence-electron chi connectivity index (χ0n) is 12.1. The number of nitrogens with zero attached hydrogens (tertiary/aromatic N) is 1. The Kier molecular flexibility index (Phi) is 3.74. The van der Waals surface area contributed by atoms with E-state index >= 15 is 0 Å². The molecule has 0 atom stereocenters. The fourth-order valence-electron chi connectivity index (χ4n) is 2.33. The second-order valence-corrected chi connectivity index (χ2v) is 5.95. The van der Waals surface area contributed by atoms with Crippen LogP contribution < -0.4 is 4.90 Å². The van der Waals surface area contributed by atoms with E-state index in [0.29, 0.717) is 17.0 Å². The minimum atomic E-state index is -0.339. The fraction of sp³-hybridized carbons (Fsp3) is 0.118. The molecule has 0 N–H and O–H groups in total. The summed E-state index contributed by atoms with van der Waals surface area (Å²) in [4.78, 5) is 14.1. The van der Waals surface area contributed by atoms with Crippen LogP contribution in [-0.4, -0.2) is 13.0 Å². The highest BCUT2D eigenvalue weighted by Crippen LogP contribution is 2.29. The molecular formula is C17H13BrFNO2. The van der Waals surface area contributed by atoms with E-state index < -0.39 is 0 Å². The van der Waals surface area contributed by atoms with E-state index in [-0.39, 0.29) is 11.7 Å². The molecule has 0 aliphatic heterocycles. The number of carbonyl (C=O) groups excluding carboxylic acids is 1. The molecule has 3 aromatic rings. The normalized spacial score (nSPS) is 10.9. The summed E-state index contributed by atoms with van der Waals surface area (Å²) in [6.45, 7) is 1.85. The molecule has 3 rings (SSSR count). The summed E-state index contributed by atoms with van der Waals surface area (Å²) >= 11 is 3.41. The van der Waals surface area contributed by atoms with Gasteiger partial charge in [0.05, 0.1) is 0 Å². The van der Waals surface area contributed by atoms with E-state index in [4.69, 9.17) is 4.42 Å². The topological polar surface area (TPSA) is 33.5 Å². The van der Waals surface area contributed by atoms with E-state index in [1.165, 1.54) is 17.0 Å². The van der Waals surface area contributed by atoms with Crippen LogP contribution in [0.1, 0.15) is 16.1 Å². The van der Waals surface area contributed by atoms with Crippen LogP contribution in [0.15, 0.2) is 51.4 Å². The molecule has 5 heteroatoms. The SMILES string of the molecule is Cc1c(C(=O)N(C)c2ccc(F)cc2)oc2ccc(Br)cc12. The van der Waals surface area contributed by atoms with Gasteiger partial charge in [0, 0.05) is 28.2 Å². The largest absolute Gasteiger partial charge is 0.451 e. The van der Waals surface area contributed by atoms with E-state index in [9.17, 15) is 9.18 Å². The Labute approximate surface area is 135 Å². The van der Waals surface area contributed by atoms with Gasteiger partial charge >= 0.3 is 0 Å². The minimum Gasteiger partial charge on any atom is -0.451 e. The highest BCUT2D eigenvalue weighted by Gasteiger charge is 2.22. The molecule has 0 bridgehead atoms. The first-order chi connectivity index (χ1) is 10.5. The minimum absolute atomic E-state index is 0.267. The monoisotopic (exact) mass is 361 g/mol. The summed E-state index contributed by atoms with van der Waals surface area (Å²) in [5.74, 6) is -0.314. The van der Waals surface area contributed by atoms with Crippen molar-refractivity contribution in [2.24, 2.45) is 0 Å². The summed E-state index contributed by atoms with van der Waals surface area (Å²) < 4.78 is 19.6. The molecule has 0 unspecified atom stereocenters. The fourth-order valence-corrected chi connectivity index (χ4v) is 2.69. The molecule has 0 aliphatic rings. The second-order valence-electron chi connectivity index (χ2n) is 5.04. The highest BCUT2D eigenvalue weighted by atomic mass is 79.9. The van der Waals surface area contributed by atoms with Crippen molar-refractivity contribution < 1.29 is 13.6 Å². The summed E-state index contributed by atoms with van der Waals surface area (Å²) in [6, 6.07) is 11.4. The van der Waals surface area contributed by atoms with Crippen LogP contribution in [0, 0.1) is 12.7 Å². The smallest absolute Gasteiger partial charge is 0.294 e. The molecule has 22 heavy (non-hydrogen) atoms. The molecule has 112 valence electrons. The van der Waals surface area contributed by atoms with Crippen molar-refractivity contribution >= 4 is 38.5 Å². The Morgan fingerprint density at radius 3 is 2.55 bits per heavy atom. The van der Waals surface area contributed by atoms with Crippen molar-refractivity contribution in [3.63, 3.8) is 0 Å². The van der Waals surface area contributed by atoms with Gasteiger partial charge in [-0.15, -0.1) is 0 Å². The number of hydrogen-bond donors (Lipinski definition) is 0. The Balaban J connectivity index is 2.01. The number of benzene rings is 2. The molecule has 0 aliphatic carbocycles. The lowest BCUT2D eigenvalue weighted by molar-refractivity contribution is 0.0967. The molecule has 1 aromatic heterocycles. The van der Waals surface area contributed by atoms with Crippen LogP contribution in [-0.2, 0) is 0 Å². The van der Waals surface area contributed by atoms with E-state index in [1.807, 2.05) is 25.1 Å². The summed E-state index contributed by atoms with van der Waals surface area (Å²) in [5.41, 5.74) is 2.05. The molecule has 2 aromatic carbocycles. The van der Waals surface area contributed by atoms with Crippen molar-refractivity contribution in [3.8, 4) is 0 Å². The van der Waals surface area contributed by atoms with Crippen LogP contribution in [0.5, 0.6) is 0 Å². The molecule has 0 saturated carbocycles. The first kappa shape index (κ1) is 14.8. The van der Waals surface area contributed by atoms with Gasteiger partial charge in [-0.1, -0.05) is 15.9 Å². The lowest BCUT2D eigenvalue weighted by atomic mass is 10.1. The van der Waals surface area contributed by atoms with Crippen LogP contribution in [0.25, 0.3) is 11.0 Å². The van der Waals surface area contributed by atoms with Gasteiger partial charge < -0.3 is 9.32 Å². The number of anilines is 1. The molecule has 0 spiro atoms. The number of hydrogen-bond acceptors (Lipinski definition) is 2. The van der Waals surface area contributed by atoms with Gasteiger partial charge in [-0.2, -0.15) is 0 Å². The maximum atomic E-state index is 13.0. The maximum absolute atomic E-state index is 13.0. The molecule has 0 saturated heterocycles. The van der Waals surface area contributed by atoms with Gasteiger partial charge in [-0.3, -0.25) is 4.79 Å². The Morgan fingerprint density at radius 2 is 1.86 bits per heavy atom. The lowest BCUT2D eigenvalue weighted by Crippen LogP contribution is -2.26. The molecule has 3 nitrogen and oxygen atoms in total. The molecule has 0 radical (unpaired) electrons. The molecule has 1 heterocycles. The van der Waals surface area contributed by atoms with Crippen molar-refractivity contribution in [1.29, 1.82) is 0 Å². The van der Waals surface area contributed by atoms with E-state index in [0.717, 1.165) is 15.4 Å². The predicted molar refractivity (Wildman–Crippen MR) is 87.8 cm³/mol. The number of carbonyl (C=O) groups is 1. The van der Waals surface area contributed by atoms with Gasteiger partial charge in [-0.25, -0.2) is 4.39 Å². The Hall–Kier alpha value is -2.14. The third-order valence-electron chi connectivity index (χ3n) is 3.61. The van der Waals surface area contributed by atoms with E-state index in [1.54, 1.807) is 19.2 Å². The van der Waals surface area contributed by atoms with Crippen molar-refractivity contribution in [2.45, 2.75) is 6.92 Å². The maximum Gasteiger partial charge on any atom is 0.294 e. The zero-order chi connectivity index (χ0) is 15.9. The summed E-state index contributed by atoms with van der Waals surface area (Å²) in [7, 11) is 1.64. The molecule has 0 fully saturated rings. The van der Waals surface area contributed by atoms with Crippen LogP contribution in [0.2, 0.25) is 0 Å². The number of amides is 1. The van der Waals surface area contributed by atoms with Gasteiger partial charge in [0.1, 0.15) is 11.4 Å². The van der Waals surface area contributed by atoms with Crippen molar-refractivity contribution in [2.75, 3.05) is 11.9 Å². The lowest BCUT2D eigenvalue weighted by Gasteiger charge is -2.16. The zero-order valence-corrected chi connectivity index (χ0v) is 13.6. The van der Waals surface area contributed by atoms with Crippen LogP contribution in [0.3, 0.4) is 0 Å². The van der Waals surface area contributed by atoms with Crippen molar-refractivity contribution in [3.05, 3.63) is 64.1 Å². The number of rotatable bonds is 2.